The van der Waals surface area contributed by atoms with Crippen LogP contribution in [0, 0.1) is 11.8 Å². The Morgan fingerprint density at radius 2 is 1.86 bits per heavy atom. The van der Waals surface area contributed by atoms with Gasteiger partial charge in [-0.25, -0.2) is 0 Å². The largest absolute Gasteiger partial charge is 0.316 e. The summed E-state index contributed by atoms with van der Waals surface area (Å²) in [6.45, 7) is 9.04. The monoisotopic (exact) mass is 287 g/mol. The summed E-state index contributed by atoms with van der Waals surface area (Å²) in [5.74, 6) is 1.69. The third kappa shape index (κ3) is 3.11. The summed E-state index contributed by atoms with van der Waals surface area (Å²) in [7, 11) is 0. The minimum atomic E-state index is 0.184. The highest BCUT2D eigenvalue weighted by Crippen LogP contribution is 2.26. The molecule has 0 radical (unpaired) electrons. The van der Waals surface area contributed by atoms with Crippen LogP contribution >= 0.6 is 0 Å². The number of amides is 1. The Labute approximate surface area is 127 Å². The molecule has 1 aromatic rings. The molecule has 3 rings (SSSR count). The van der Waals surface area contributed by atoms with Crippen LogP contribution in [0.2, 0.25) is 0 Å². The standard InChI is InChI=1S/C17H25N3O/c1-13(2)20(16-6-4-3-5-7-16)17(21)12-19-10-14-8-18-9-15(14)11-19/h3-7,13-15,18H,8-12H2,1-2H3. The van der Waals surface area contributed by atoms with Gasteiger partial charge in [0.25, 0.3) is 0 Å². The van der Waals surface area contributed by atoms with Crippen molar-refractivity contribution in [1.82, 2.24) is 10.2 Å². The average Bonchev–Trinajstić information content (AvgIpc) is 3.00. The van der Waals surface area contributed by atoms with Gasteiger partial charge in [0.15, 0.2) is 0 Å². The molecule has 4 heteroatoms. The molecule has 0 saturated carbocycles. The Bertz CT molecular complexity index is 476. The molecule has 0 bridgehead atoms. The molecule has 0 aliphatic carbocycles. The fraction of sp³-hybridized carbons (Fsp3) is 0.588. The Balaban J connectivity index is 1.65. The van der Waals surface area contributed by atoms with E-state index in [1.807, 2.05) is 35.2 Å². The third-order valence-electron chi connectivity index (χ3n) is 4.64. The van der Waals surface area contributed by atoms with Crippen LogP contribution in [0.25, 0.3) is 0 Å². The zero-order chi connectivity index (χ0) is 14.8. The van der Waals surface area contributed by atoms with Crippen LogP contribution in [-0.2, 0) is 4.79 Å². The molecule has 2 heterocycles. The third-order valence-corrected chi connectivity index (χ3v) is 4.64. The lowest BCUT2D eigenvalue weighted by Gasteiger charge is -2.29. The van der Waals surface area contributed by atoms with Crippen molar-refractivity contribution >= 4 is 11.6 Å². The second kappa shape index (κ2) is 6.16. The van der Waals surface area contributed by atoms with E-state index in [4.69, 9.17) is 0 Å². The van der Waals surface area contributed by atoms with Gasteiger partial charge in [-0.3, -0.25) is 9.69 Å². The molecule has 114 valence electrons. The van der Waals surface area contributed by atoms with Gasteiger partial charge in [-0.2, -0.15) is 0 Å². The summed E-state index contributed by atoms with van der Waals surface area (Å²) in [5, 5.41) is 3.44. The molecule has 4 nitrogen and oxygen atoms in total. The molecule has 0 aromatic heterocycles. The minimum Gasteiger partial charge on any atom is -0.316 e. The smallest absolute Gasteiger partial charge is 0.241 e. The van der Waals surface area contributed by atoms with Gasteiger partial charge in [0.1, 0.15) is 0 Å². The van der Waals surface area contributed by atoms with Crippen molar-refractivity contribution in [2.75, 3.05) is 37.6 Å². The van der Waals surface area contributed by atoms with E-state index >= 15 is 0 Å². The number of likely N-dealkylation sites (tertiary alicyclic amines) is 1. The van der Waals surface area contributed by atoms with Crippen molar-refractivity contribution in [3.05, 3.63) is 30.3 Å². The molecule has 2 saturated heterocycles. The zero-order valence-corrected chi connectivity index (χ0v) is 13.0. The van der Waals surface area contributed by atoms with E-state index in [1.54, 1.807) is 0 Å². The Morgan fingerprint density at radius 3 is 2.43 bits per heavy atom. The van der Waals surface area contributed by atoms with Gasteiger partial charge in [-0.15, -0.1) is 0 Å². The highest BCUT2D eigenvalue weighted by Gasteiger charge is 2.37. The van der Waals surface area contributed by atoms with E-state index in [0.29, 0.717) is 6.54 Å². The van der Waals surface area contributed by atoms with Gasteiger partial charge >= 0.3 is 0 Å². The number of para-hydroxylation sites is 1. The maximum absolute atomic E-state index is 12.7. The van der Waals surface area contributed by atoms with Crippen LogP contribution < -0.4 is 10.2 Å². The van der Waals surface area contributed by atoms with E-state index in [-0.39, 0.29) is 11.9 Å². The Kier molecular flexibility index (Phi) is 4.27. The van der Waals surface area contributed by atoms with Crippen LogP contribution in [0.1, 0.15) is 13.8 Å². The van der Waals surface area contributed by atoms with Gasteiger partial charge in [0.2, 0.25) is 5.91 Å². The first-order chi connectivity index (χ1) is 10.1. The molecule has 1 amide bonds. The zero-order valence-electron chi connectivity index (χ0n) is 13.0. The highest BCUT2D eigenvalue weighted by molar-refractivity contribution is 5.95. The van der Waals surface area contributed by atoms with Crippen LogP contribution in [0.4, 0.5) is 5.69 Å². The minimum absolute atomic E-state index is 0.184. The molecule has 2 atom stereocenters. The van der Waals surface area contributed by atoms with Crippen LogP contribution in [0.3, 0.4) is 0 Å². The van der Waals surface area contributed by atoms with Gasteiger partial charge < -0.3 is 10.2 Å². The van der Waals surface area contributed by atoms with Crippen molar-refractivity contribution in [1.29, 1.82) is 0 Å². The Hall–Kier alpha value is -1.39. The predicted molar refractivity (Wildman–Crippen MR) is 85.4 cm³/mol. The Morgan fingerprint density at radius 1 is 1.24 bits per heavy atom. The maximum atomic E-state index is 12.7. The maximum Gasteiger partial charge on any atom is 0.241 e. The lowest BCUT2D eigenvalue weighted by Crippen LogP contribution is -2.44. The van der Waals surface area contributed by atoms with Gasteiger partial charge in [-0.05, 0) is 50.9 Å². The molecular formula is C17H25N3O. The molecule has 2 fully saturated rings. The molecule has 1 N–H and O–H groups in total. The second-order valence-corrected chi connectivity index (χ2v) is 6.57. The van der Waals surface area contributed by atoms with Crippen LogP contribution in [0.15, 0.2) is 30.3 Å². The number of nitrogens with one attached hydrogen (secondary N) is 1. The first-order valence-electron chi connectivity index (χ1n) is 7.95. The molecular weight excluding hydrogens is 262 g/mol. The molecule has 1 aromatic carbocycles. The lowest BCUT2D eigenvalue weighted by molar-refractivity contribution is -0.119. The van der Waals surface area contributed by atoms with Gasteiger partial charge in [0, 0.05) is 24.8 Å². The quantitative estimate of drug-likeness (QED) is 0.913. The van der Waals surface area contributed by atoms with E-state index in [2.05, 4.69) is 24.1 Å². The second-order valence-electron chi connectivity index (χ2n) is 6.57. The number of carbonyl (C=O) groups is 1. The number of hydrogen-bond donors (Lipinski definition) is 1. The number of anilines is 1. The van der Waals surface area contributed by atoms with Crippen molar-refractivity contribution < 1.29 is 4.79 Å². The first kappa shape index (κ1) is 14.5. The van der Waals surface area contributed by atoms with Crippen molar-refractivity contribution in [3.8, 4) is 0 Å². The van der Waals surface area contributed by atoms with Crippen LogP contribution in [0.5, 0.6) is 0 Å². The van der Waals surface area contributed by atoms with E-state index < -0.39 is 0 Å². The SMILES string of the molecule is CC(C)N(C(=O)CN1CC2CNCC2C1)c1ccccc1. The summed E-state index contributed by atoms with van der Waals surface area (Å²) < 4.78 is 0. The highest BCUT2D eigenvalue weighted by atomic mass is 16.2. The lowest BCUT2D eigenvalue weighted by atomic mass is 10.0. The summed E-state index contributed by atoms with van der Waals surface area (Å²) in [5.41, 5.74) is 0.999. The van der Waals surface area contributed by atoms with Crippen molar-refractivity contribution in [3.63, 3.8) is 0 Å². The molecule has 2 aliphatic rings. The summed E-state index contributed by atoms with van der Waals surface area (Å²) >= 11 is 0. The van der Waals surface area contributed by atoms with Crippen molar-refractivity contribution in [2.45, 2.75) is 19.9 Å². The fourth-order valence-electron chi connectivity index (χ4n) is 3.67. The number of fused-ring (bicyclic) bond motifs is 1. The van der Waals surface area contributed by atoms with Gasteiger partial charge in [-0.1, -0.05) is 18.2 Å². The molecule has 2 unspecified atom stereocenters. The summed E-state index contributed by atoms with van der Waals surface area (Å²) in [4.78, 5) is 17.0. The number of carbonyl (C=O) groups excluding carboxylic acids is 1. The normalized spacial score (nSPS) is 25.3. The molecule has 2 aliphatic heterocycles. The summed E-state index contributed by atoms with van der Waals surface area (Å²) in [6.07, 6.45) is 0. The van der Waals surface area contributed by atoms with Crippen molar-refractivity contribution in [2.24, 2.45) is 11.8 Å². The van der Waals surface area contributed by atoms with E-state index in [1.165, 1.54) is 0 Å². The number of rotatable bonds is 4. The predicted octanol–water partition coefficient (Wildman–Crippen LogP) is 1.58. The van der Waals surface area contributed by atoms with E-state index in [0.717, 1.165) is 43.7 Å². The van der Waals surface area contributed by atoms with Gasteiger partial charge in [0.05, 0.1) is 6.54 Å². The topological polar surface area (TPSA) is 35.6 Å². The van der Waals surface area contributed by atoms with Crippen LogP contribution in [-0.4, -0.2) is 49.6 Å². The average molecular weight is 287 g/mol. The number of benzene rings is 1. The number of hydrogen-bond acceptors (Lipinski definition) is 3. The molecule has 21 heavy (non-hydrogen) atoms. The number of nitrogens with zero attached hydrogens (tertiary/aromatic N) is 2. The van der Waals surface area contributed by atoms with E-state index in [9.17, 15) is 4.79 Å². The summed E-state index contributed by atoms with van der Waals surface area (Å²) in [6, 6.07) is 10.2. The molecule has 0 spiro atoms. The first-order valence-corrected chi connectivity index (χ1v) is 7.95. The fourth-order valence-corrected chi connectivity index (χ4v) is 3.67.